The van der Waals surface area contributed by atoms with Crippen LogP contribution >= 0.6 is 11.3 Å². The van der Waals surface area contributed by atoms with Gasteiger partial charge in [-0.3, -0.25) is 19.1 Å². The third-order valence-electron chi connectivity index (χ3n) is 7.34. The summed E-state index contributed by atoms with van der Waals surface area (Å²) >= 11 is 1.53. The van der Waals surface area contributed by atoms with Gasteiger partial charge in [-0.1, -0.05) is 35.5 Å². The molecule has 4 aromatic rings. The lowest BCUT2D eigenvalue weighted by Gasteiger charge is -2.42. The maximum Gasteiger partial charge on any atom is 0.304 e. The Morgan fingerprint density at radius 3 is 2.82 bits per heavy atom. The standard InChI is InChI=1S/C28H28N6O4S/c1-18(24-9-5-11-39-24)31-38-16-25(35)29-30-27-21-6-2-3-7-23(21)34(28(27)37)17-32-13-19-12-20(15-32)22-8-4-10-26(36)33(22)14-19/h2-11,19-20,37H,12-17H2,1H3/t19?,20-/m1/s1. The Morgan fingerprint density at radius 2 is 1.97 bits per heavy atom. The highest BCUT2D eigenvalue weighted by molar-refractivity contribution is 7.12. The predicted molar refractivity (Wildman–Crippen MR) is 149 cm³/mol. The number of rotatable bonds is 7. The summed E-state index contributed by atoms with van der Waals surface area (Å²) in [5.41, 5.74) is 2.86. The van der Waals surface area contributed by atoms with Gasteiger partial charge in [0, 0.05) is 42.7 Å². The molecule has 200 valence electrons. The number of thiophene rings is 1. The number of piperidine rings is 1. The van der Waals surface area contributed by atoms with Crippen molar-refractivity contribution in [2.75, 3.05) is 19.7 Å². The van der Waals surface area contributed by atoms with Crippen molar-refractivity contribution in [1.82, 2.24) is 14.0 Å². The fourth-order valence-electron chi connectivity index (χ4n) is 5.67. The van der Waals surface area contributed by atoms with Gasteiger partial charge in [-0.05, 0) is 42.8 Å². The van der Waals surface area contributed by atoms with Crippen LogP contribution in [0.4, 0.5) is 5.69 Å². The van der Waals surface area contributed by atoms with Gasteiger partial charge in [0.05, 0.1) is 22.8 Å². The predicted octanol–water partition coefficient (Wildman–Crippen LogP) is 4.70. The lowest BCUT2D eigenvalue weighted by Crippen LogP contribution is -2.47. The van der Waals surface area contributed by atoms with Crippen LogP contribution < -0.4 is 5.56 Å². The number of likely N-dealkylation sites (tertiary alicyclic amines) is 1. The van der Waals surface area contributed by atoms with Crippen molar-refractivity contribution in [3.05, 3.63) is 80.9 Å². The molecule has 2 aliphatic rings. The number of para-hydroxylation sites is 1. The average Bonchev–Trinajstić information content (AvgIpc) is 3.56. The maximum atomic E-state index is 12.4. The third kappa shape index (κ3) is 5.02. The van der Waals surface area contributed by atoms with Crippen LogP contribution in [0.5, 0.6) is 5.88 Å². The van der Waals surface area contributed by atoms with E-state index in [2.05, 4.69) is 20.3 Å². The fraction of sp³-hybridized carbons (Fsp3) is 0.321. The van der Waals surface area contributed by atoms with E-state index in [9.17, 15) is 14.7 Å². The van der Waals surface area contributed by atoms with Gasteiger partial charge in [-0.2, -0.15) is 0 Å². The van der Waals surface area contributed by atoms with Crippen molar-refractivity contribution >= 4 is 39.5 Å². The monoisotopic (exact) mass is 544 g/mol. The molecular formula is C28H28N6O4S. The number of aromatic nitrogens is 2. The Kier molecular flexibility index (Phi) is 6.84. The molecule has 0 saturated carbocycles. The van der Waals surface area contributed by atoms with E-state index in [1.807, 2.05) is 58.5 Å². The molecule has 11 heteroatoms. The molecular weight excluding hydrogens is 516 g/mol. The lowest BCUT2D eigenvalue weighted by atomic mass is 9.83. The smallest absolute Gasteiger partial charge is 0.304 e. The van der Waals surface area contributed by atoms with Crippen molar-refractivity contribution in [1.29, 1.82) is 0 Å². The first kappa shape index (κ1) is 25.2. The molecule has 1 saturated heterocycles. The first-order valence-corrected chi connectivity index (χ1v) is 13.7. The molecule has 5 heterocycles. The fourth-order valence-corrected chi connectivity index (χ4v) is 6.34. The number of nitrogens with zero attached hydrogens (tertiary/aromatic N) is 6. The molecule has 39 heavy (non-hydrogen) atoms. The molecule has 1 unspecified atom stereocenters. The first-order chi connectivity index (χ1) is 19.0. The normalized spacial score (nSPS) is 19.5. The number of carbonyl (C=O) groups excluding carboxylic acids is 1. The quantitative estimate of drug-likeness (QED) is 0.206. The van der Waals surface area contributed by atoms with Gasteiger partial charge in [-0.25, -0.2) is 0 Å². The van der Waals surface area contributed by atoms with Crippen molar-refractivity contribution in [3.8, 4) is 5.88 Å². The number of azo groups is 1. The zero-order chi connectivity index (χ0) is 26.9. The average molecular weight is 545 g/mol. The number of fused-ring (bicyclic) bond motifs is 5. The van der Waals surface area contributed by atoms with E-state index < -0.39 is 5.91 Å². The Labute approximate surface area is 228 Å². The molecule has 1 N–H and O–H groups in total. The number of pyridine rings is 1. The Morgan fingerprint density at radius 1 is 1.10 bits per heavy atom. The van der Waals surface area contributed by atoms with E-state index >= 15 is 0 Å². The van der Waals surface area contributed by atoms with Crippen molar-refractivity contribution in [3.63, 3.8) is 0 Å². The number of amides is 1. The molecule has 1 fully saturated rings. The largest absolute Gasteiger partial charge is 0.493 e. The minimum absolute atomic E-state index is 0.0485. The SMILES string of the molecule is CC(=NOCC(=O)N=Nc1c(O)n(CN2CC3C[C@H](C2)c2cccc(=O)n2C3)c2ccccc12)c1cccs1. The highest BCUT2D eigenvalue weighted by atomic mass is 32.1. The van der Waals surface area contributed by atoms with Gasteiger partial charge in [0.15, 0.2) is 12.3 Å². The van der Waals surface area contributed by atoms with Crippen molar-refractivity contribution < 1.29 is 14.7 Å². The van der Waals surface area contributed by atoms with Gasteiger partial charge in [0.1, 0.15) is 0 Å². The summed E-state index contributed by atoms with van der Waals surface area (Å²) in [5, 5.41) is 25.7. The maximum absolute atomic E-state index is 12.4. The van der Waals surface area contributed by atoms with Crippen molar-refractivity contribution in [2.45, 2.75) is 32.5 Å². The third-order valence-corrected chi connectivity index (χ3v) is 8.32. The second-order valence-corrected chi connectivity index (χ2v) is 11.0. The molecule has 1 amide bonds. The van der Waals surface area contributed by atoms with Crippen LogP contribution in [0.15, 0.2) is 80.2 Å². The Balaban J connectivity index is 1.19. The molecule has 3 aromatic heterocycles. The highest BCUT2D eigenvalue weighted by Crippen LogP contribution is 2.40. The number of aromatic hydroxyl groups is 1. The van der Waals surface area contributed by atoms with E-state index in [0.29, 0.717) is 30.2 Å². The second-order valence-electron chi connectivity index (χ2n) is 10.0. The number of carbonyl (C=O) groups is 1. The number of hydrogen-bond donors (Lipinski definition) is 1. The lowest BCUT2D eigenvalue weighted by molar-refractivity contribution is -0.122. The summed E-state index contributed by atoms with van der Waals surface area (Å²) in [4.78, 5) is 33.1. The van der Waals surface area contributed by atoms with Gasteiger partial charge in [-0.15, -0.1) is 21.6 Å². The van der Waals surface area contributed by atoms with Crippen LogP contribution in [-0.4, -0.2) is 50.5 Å². The molecule has 0 aliphatic carbocycles. The number of hydrogen-bond acceptors (Lipinski definition) is 8. The molecule has 6 rings (SSSR count). The molecule has 10 nitrogen and oxygen atoms in total. The molecule has 2 bridgehead atoms. The van der Waals surface area contributed by atoms with Crippen LogP contribution in [0.25, 0.3) is 10.9 Å². The molecule has 0 radical (unpaired) electrons. The summed E-state index contributed by atoms with van der Waals surface area (Å²) in [6, 6.07) is 16.9. The molecule has 0 spiro atoms. The van der Waals surface area contributed by atoms with Gasteiger partial charge < -0.3 is 14.5 Å². The minimum atomic E-state index is -0.605. The summed E-state index contributed by atoms with van der Waals surface area (Å²) < 4.78 is 3.71. The van der Waals surface area contributed by atoms with E-state index in [1.165, 1.54) is 11.3 Å². The summed E-state index contributed by atoms with van der Waals surface area (Å²) in [6.07, 6.45) is 1.05. The summed E-state index contributed by atoms with van der Waals surface area (Å²) in [7, 11) is 0. The Bertz CT molecular complexity index is 1640. The zero-order valence-electron chi connectivity index (χ0n) is 21.4. The van der Waals surface area contributed by atoms with E-state index in [0.717, 1.165) is 35.6 Å². The molecule has 2 aliphatic heterocycles. The van der Waals surface area contributed by atoms with Gasteiger partial charge in [0.25, 0.3) is 5.56 Å². The highest BCUT2D eigenvalue weighted by Gasteiger charge is 2.35. The summed E-state index contributed by atoms with van der Waals surface area (Å²) in [5.74, 6) is -0.0271. The van der Waals surface area contributed by atoms with E-state index in [-0.39, 0.29) is 29.7 Å². The van der Waals surface area contributed by atoms with Crippen LogP contribution in [0, 0.1) is 5.92 Å². The van der Waals surface area contributed by atoms with Gasteiger partial charge >= 0.3 is 5.91 Å². The van der Waals surface area contributed by atoms with Gasteiger partial charge in [0.2, 0.25) is 5.88 Å². The zero-order valence-corrected chi connectivity index (χ0v) is 22.3. The van der Waals surface area contributed by atoms with Crippen LogP contribution in [0.3, 0.4) is 0 Å². The Hall–Kier alpha value is -4.09. The minimum Gasteiger partial charge on any atom is -0.493 e. The number of oxime groups is 1. The van der Waals surface area contributed by atoms with Crippen molar-refractivity contribution in [2.24, 2.45) is 21.3 Å². The molecule has 1 aromatic carbocycles. The second kappa shape index (κ2) is 10.6. The van der Waals surface area contributed by atoms with E-state index in [4.69, 9.17) is 4.84 Å². The number of benzene rings is 1. The molecule has 2 atom stereocenters. The topological polar surface area (TPSA) is 114 Å². The first-order valence-electron chi connectivity index (χ1n) is 12.8. The van der Waals surface area contributed by atoms with Crippen LogP contribution in [0.2, 0.25) is 0 Å². The van der Waals surface area contributed by atoms with Crippen LogP contribution in [0.1, 0.15) is 29.8 Å². The van der Waals surface area contributed by atoms with E-state index in [1.54, 1.807) is 17.6 Å². The summed E-state index contributed by atoms with van der Waals surface area (Å²) in [6.45, 7) is 4.22. The van der Waals surface area contributed by atoms with Crippen LogP contribution in [-0.2, 0) is 22.8 Å².